The van der Waals surface area contributed by atoms with Crippen molar-refractivity contribution in [2.75, 3.05) is 32.5 Å². The van der Waals surface area contributed by atoms with E-state index in [2.05, 4.69) is 14.7 Å². The fourth-order valence-electron chi connectivity index (χ4n) is 1.94. The number of aryl methyl sites for hydroxylation is 1. The van der Waals surface area contributed by atoms with Crippen LogP contribution in [-0.2, 0) is 19.6 Å². The Bertz CT molecular complexity index is 583. The van der Waals surface area contributed by atoms with Gasteiger partial charge in [-0.1, -0.05) is 0 Å². The van der Waals surface area contributed by atoms with Gasteiger partial charge in [0, 0.05) is 18.4 Å². The summed E-state index contributed by atoms with van der Waals surface area (Å²) in [6, 6.07) is 0. The SMILES string of the molecule is Cc1cnc([C@H]2CN(C(=O)CNS(C)(=O)=O)CCO2)[nH]1. The van der Waals surface area contributed by atoms with E-state index in [0.29, 0.717) is 25.5 Å². The second kappa shape index (κ2) is 5.90. The van der Waals surface area contributed by atoms with E-state index in [-0.39, 0.29) is 18.6 Å². The number of aromatic amines is 1. The smallest absolute Gasteiger partial charge is 0.237 e. The minimum Gasteiger partial charge on any atom is -0.367 e. The fourth-order valence-corrected chi connectivity index (χ4v) is 2.33. The van der Waals surface area contributed by atoms with Gasteiger partial charge < -0.3 is 14.6 Å². The zero-order chi connectivity index (χ0) is 14.8. The lowest BCUT2D eigenvalue weighted by Crippen LogP contribution is -2.46. The number of nitrogens with zero attached hydrogens (tertiary/aromatic N) is 2. The summed E-state index contributed by atoms with van der Waals surface area (Å²) in [5, 5.41) is 0. The van der Waals surface area contributed by atoms with E-state index in [1.165, 1.54) is 0 Å². The van der Waals surface area contributed by atoms with Gasteiger partial charge in [-0.25, -0.2) is 18.1 Å². The Kier molecular flexibility index (Phi) is 4.41. The van der Waals surface area contributed by atoms with Crippen LogP contribution in [-0.4, -0.2) is 61.7 Å². The molecule has 1 saturated heterocycles. The first-order chi connectivity index (χ1) is 9.35. The summed E-state index contributed by atoms with van der Waals surface area (Å²) in [6.07, 6.45) is 2.42. The maximum atomic E-state index is 11.9. The van der Waals surface area contributed by atoms with Gasteiger partial charge in [-0.05, 0) is 6.92 Å². The zero-order valence-electron chi connectivity index (χ0n) is 11.4. The summed E-state index contributed by atoms with van der Waals surface area (Å²) in [6.45, 7) is 2.85. The van der Waals surface area contributed by atoms with Crippen molar-refractivity contribution in [3.05, 3.63) is 17.7 Å². The second-order valence-electron chi connectivity index (χ2n) is 4.74. The number of imidazole rings is 1. The summed E-state index contributed by atoms with van der Waals surface area (Å²) in [5.41, 5.74) is 0.922. The number of nitrogens with one attached hydrogen (secondary N) is 2. The standard InChI is InChI=1S/C11H18N4O4S/c1-8-5-12-11(14-8)9-7-15(3-4-19-9)10(16)6-13-20(2,17)18/h5,9,13H,3-4,6-7H2,1-2H3,(H,12,14)/t9-/m1/s1. The molecule has 2 N–H and O–H groups in total. The molecule has 1 aliphatic heterocycles. The van der Waals surface area contributed by atoms with Crippen molar-refractivity contribution in [3.63, 3.8) is 0 Å². The third-order valence-corrected chi connectivity index (χ3v) is 3.60. The molecule has 1 aromatic heterocycles. The largest absolute Gasteiger partial charge is 0.367 e. The topological polar surface area (TPSA) is 104 Å². The van der Waals surface area contributed by atoms with Crippen molar-refractivity contribution in [1.29, 1.82) is 0 Å². The average Bonchev–Trinajstić information content (AvgIpc) is 2.82. The molecule has 2 heterocycles. The van der Waals surface area contributed by atoms with Gasteiger partial charge in [-0.2, -0.15) is 0 Å². The molecule has 1 fully saturated rings. The highest BCUT2D eigenvalue weighted by atomic mass is 32.2. The average molecular weight is 302 g/mol. The lowest BCUT2D eigenvalue weighted by Gasteiger charge is -2.32. The number of carbonyl (C=O) groups excluding carboxylic acids is 1. The first kappa shape index (κ1) is 14.9. The van der Waals surface area contributed by atoms with Crippen molar-refractivity contribution in [2.45, 2.75) is 13.0 Å². The number of H-pyrrole nitrogens is 1. The monoisotopic (exact) mass is 302 g/mol. The first-order valence-electron chi connectivity index (χ1n) is 6.20. The predicted molar refractivity (Wildman–Crippen MR) is 71.4 cm³/mol. The molecule has 0 bridgehead atoms. The molecule has 1 aromatic rings. The molecule has 0 aliphatic carbocycles. The molecule has 1 amide bonds. The van der Waals surface area contributed by atoms with Crippen LogP contribution in [0.15, 0.2) is 6.20 Å². The molecular weight excluding hydrogens is 284 g/mol. The van der Waals surface area contributed by atoms with Crippen molar-refractivity contribution >= 4 is 15.9 Å². The highest BCUT2D eigenvalue weighted by Gasteiger charge is 2.27. The number of hydrogen-bond donors (Lipinski definition) is 2. The Morgan fingerprint density at radius 2 is 2.40 bits per heavy atom. The van der Waals surface area contributed by atoms with Crippen LogP contribution in [0.5, 0.6) is 0 Å². The van der Waals surface area contributed by atoms with E-state index in [4.69, 9.17) is 4.74 Å². The quantitative estimate of drug-likeness (QED) is 0.755. The Morgan fingerprint density at radius 1 is 1.65 bits per heavy atom. The van der Waals surface area contributed by atoms with Crippen LogP contribution in [0.4, 0.5) is 0 Å². The summed E-state index contributed by atoms with van der Waals surface area (Å²) < 4.78 is 29.7. The molecule has 2 rings (SSSR count). The summed E-state index contributed by atoms with van der Waals surface area (Å²) in [4.78, 5) is 20.8. The Balaban J connectivity index is 1.94. The zero-order valence-corrected chi connectivity index (χ0v) is 12.2. The molecule has 1 aliphatic rings. The van der Waals surface area contributed by atoms with Gasteiger partial charge in [0.25, 0.3) is 0 Å². The number of ether oxygens (including phenoxy) is 1. The Hall–Kier alpha value is -1.45. The number of aromatic nitrogens is 2. The number of amides is 1. The first-order valence-corrected chi connectivity index (χ1v) is 8.10. The van der Waals surface area contributed by atoms with Crippen LogP contribution in [0.1, 0.15) is 17.6 Å². The molecule has 0 unspecified atom stereocenters. The molecule has 0 saturated carbocycles. The van der Waals surface area contributed by atoms with Gasteiger partial charge in [0.05, 0.1) is 26.0 Å². The van der Waals surface area contributed by atoms with Crippen LogP contribution in [0.25, 0.3) is 0 Å². The Labute approximate surface area is 117 Å². The Morgan fingerprint density at radius 3 is 3.00 bits per heavy atom. The summed E-state index contributed by atoms with van der Waals surface area (Å²) in [7, 11) is -3.37. The van der Waals surface area contributed by atoms with Gasteiger partial charge >= 0.3 is 0 Å². The van der Waals surface area contributed by atoms with Crippen molar-refractivity contribution < 1.29 is 17.9 Å². The van der Waals surface area contributed by atoms with E-state index in [0.717, 1.165) is 11.9 Å². The highest BCUT2D eigenvalue weighted by Crippen LogP contribution is 2.19. The number of hydrogen-bond acceptors (Lipinski definition) is 5. The minimum absolute atomic E-state index is 0.233. The van der Waals surface area contributed by atoms with E-state index < -0.39 is 10.0 Å². The molecule has 0 radical (unpaired) electrons. The molecule has 112 valence electrons. The maximum Gasteiger partial charge on any atom is 0.237 e. The molecule has 9 heteroatoms. The predicted octanol–water partition coefficient (Wildman–Crippen LogP) is -0.833. The van der Waals surface area contributed by atoms with Gasteiger partial charge in [0.15, 0.2) is 0 Å². The third kappa shape index (κ3) is 4.02. The van der Waals surface area contributed by atoms with Crippen LogP contribution in [0.3, 0.4) is 0 Å². The maximum absolute atomic E-state index is 11.9. The lowest BCUT2D eigenvalue weighted by atomic mass is 10.2. The fraction of sp³-hybridized carbons (Fsp3) is 0.636. The van der Waals surface area contributed by atoms with Crippen LogP contribution >= 0.6 is 0 Å². The molecule has 0 spiro atoms. The molecular formula is C11H18N4O4S. The summed E-state index contributed by atoms with van der Waals surface area (Å²) in [5.74, 6) is 0.406. The van der Waals surface area contributed by atoms with Crippen molar-refractivity contribution in [1.82, 2.24) is 19.6 Å². The van der Waals surface area contributed by atoms with Gasteiger partial charge in [-0.3, -0.25) is 4.79 Å². The van der Waals surface area contributed by atoms with Crippen molar-refractivity contribution in [2.24, 2.45) is 0 Å². The second-order valence-corrected chi connectivity index (χ2v) is 6.58. The molecule has 1 atom stereocenters. The lowest BCUT2D eigenvalue weighted by molar-refractivity contribution is -0.138. The normalized spacial score (nSPS) is 20.1. The van der Waals surface area contributed by atoms with E-state index in [1.54, 1.807) is 11.1 Å². The van der Waals surface area contributed by atoms with Gasteiger partial charge in [0.2, 0.25) is 15.9 Å². The minimum atomic E-state index is -3.37. The van der Waals surface area contributed by atoms with E-state index in [9.17, 15) is 13.2 Å². The van der Waals surface area contributed by atoms with E-state index >= 15 is 0 Å². The van der Waals surface area contributed by atoms with Gasteiger partial charge in [-0.15, -0.1) is 0 Å². The number of sulfonamides is 1. The van der Waals surface area contributed by atoms with E-state index in [1.807, 2.05) is 6.92 Å². The molecule has 20 heavy (non-hydrogen) atoms. The summed E-state index contributed by atoms with van der Waals surface area (Å²) >= 11 is 0. The van der Waals surface area contributed by atoms with Crippen LogP contribution < -0.4 is 4.72 Å². The highest BCUT2D eigenvalue weighted by molar-refractivity contribution is 7.88. The van der Waals surface area contributed by atoms with Gasteiger partial charge in [0.1, 0.15) is 11.9 Å². The van der Waals surface area contributed by atoms with Crippen LogP contribution in [0.2, 0.25) is 0 Å². The molecule has 0 aromatic carbocycles. The number of carbonyl (C=O) groups is 1. The van der Waals surface area contributed by atoms with Crippen LogP contribution in [0, 0.1) is 6.92 Å². The van der Waals surface area contributed by atoms with Crippen molar-refractivity contribution in [3.8, 4) is 0 Å². The third-order valence-electron chi connectivity index (χ3n) is 2.93. The molecule has 8 nitrogen and oxygen atoms in total. The number of morpholine rings is 1. The number of rotatable bonds is 4.